The van der Waals surface area contributed by atoms with Gasteiger partial charge in [-0.05, 0) is 48.5 Å². The number of amides is 2. The summed E-state index contributed by atoms with van der Waals surface area (Å²) in [6.07, 6.45) is 0. The third-order valence-electron chi connectivity index (χ3n) is 4.46. The number of carbonyl (C=O) groups excluding carboxylic acids is 1. The Balaban J connectivity index is 1.47. The highest BCUT2D eigenvalue weighted by atomic mass is 16.5. The minimum Gasteiger partial charge on any atom is -0.493 e. The molecular weight excluding hydrogens is 368 g/mol. The van der Waals surface area contributed by atoms with Crippen LogP contribution in [0.15, 0.2) is 66.7 Å². The van der Waals surface area contributed by atoms with Crippen LogP contribution >= 0.6 is 0 Å². The highest BCUT2D eigenvalue weighted by molar-refractivity contribution is 6.01. The zero-order valence-corrected chi connectivity index (χ0v) is 16.0. The number of fused-ring (bicyclic) bond motifs is 1. The quantitative estimate of drug-likeness (QED) is 0.454. The first-order chi connectivity index (χ1) is 14.2. The summed E-state index contributed by atoms with van der Waals surface area (Å²) < 4.78 is 10.6. The highest BCUT2D eigenvalue weighted by Crippen LogP contribution is 2.34. The van der Waals surface area contributed by atoms with E-state index >= 15 is 0 Å². The summed E-state index contributed by atoms with van der Waals surface area (Å²) in [5.41, 5.74) is 4.00. The average molecular weight is 388 g/mol. The topological polar surface area (TPSA) is 88.3 Å². The number of H-pyrrole nitrogens is 1. The molecule has 29 heavy (non-hydrogen) atoms. The lowest BCUT2D eigenvalue weighted by Crippen LogP contribution is -2.19. The fourth-order valence-electron chi connectivity index (χ4n) is 3.07. The van der Waals surface area contributed by atoms with E-state index in [4.69, 9.17) is 9.47 Å². The zero-order chi connectivity index (χ0) is 20.2. The molecule has 0 saturated heterocycles. The van der Waals surface area contributed by atoms with Crippen LogP contribution in [-0.2, 0) is 0 Å². The number of urea groups is 1. The predicted molar refractivity (Wildman–Crippen MR) is 114 cm³/mol. The molecule has 146 valence electrons. The molecule has 0 fully saturated rings. The molecule has 0 unspecified atom stereocenters. The third-order valence-corrected chi connectivity index (χ3v) is 4.46. The van der Waals surface area contributed by atoms with Crippen molar-refractivity contribution in [2.24, 2.45) is 0 Å². The fraction of sp³-hybridized carbons (Fsp3) is 0.0909. The lowest BCUT2D eigenvalue weighted by Gasteiger charge is -2.14. The molecule has 0 aliphatic rings. The summed E-state index contributed by atoms with van der Waals surface area (Å²) in [6, 6.07) is 20.2. The summed E-state index contributed by atoms with van der Waals surface area (Å²) in [5.74, 6) is 1.79. The molecule has 0 aliphatic carbocycles. The molecule has 1 heterocycles. The molecule has 2 amide bonds. The van der Waals surface area contributed by atoms with Gasteiger partial charge in [0.05, 0.1) is 30.9 Å². The number of ether oxygens (including phenoxy) is 2. The lowest BCUT2D eigenvalue weighted by atomic mass is 10.2. The molecule has 7 heteroatoms. The van der Waals surface area contributed by atoms with Crippen molar-refractivity contribution in [3.8, 4) is 22.9 Å². The maximum atomic E-state index is 12.4. The molecule has 0 saturated carbocycles. The number of benzene rings is 3. The van der Waals surface area contributed by atoms with Gasteiger partial charge in [0.1, 0.15) is 5.82 Å². The van der Waals surface area contributed by atoms with Gasteiger partial charge >= 0.3 is 6.03 Å². The smallest absolute Gasteiger partial charge is 0.323 e. The van der Waals surface area contributed by atoms with Gasteiger partial charge in [-0.25, -0.2) is 9.78 Å². The van der Waals surface area contributed by atoms with Crippen LogP contribution in [0.25, 0.3) is 22.4 Å². The van der Waals surface area contributed by atoms with E-state index < -0.39 is 0 Å². The van der Waals surface area contributed by atoms with Crippen molar-refractivity contribution in [1.29, 1.82) is 0 Å². The van der Waals surface area contributed by atoms with Crippen molar-refractivity contribution >= 4 is 28.4 Å². The van der Waals surface area contributed by atoms with E-state index in [2.05, 4.69) is 20.6 Å². The lowest BCUT2D eigenvalue weighted by molar-refractivity contribution is 0.262. The Hall–Kier alpha value is -4.00. The van der Waals surface area contributed by atoms with Gasteiger partial charge in [-0.3, -0.25) is 0 Å². The SMILES string of the molecule is COc1cccc(NC(=O)Nc2ccc(-c3nc4ccccc4[nH]3)cc2)c1OC. The molecule has 0 spiro atoms. The number of hydrogen-bond donors (Lipinski definition) is 3. The number of nitrogens with one attached hydrogen (secondary N) is 3. The summed E-state index contributed by atoms with van der Waals surface area (Å²) in [4.78, 5) is 20.3. The van der Waals surface area contributed by atoms with Gasteiger partial charge in [0.15, 0.2) is 11.5 Å². The summed E-state index contributed by atoms with van der Waals surface area (Å²) >= 11 is 0. The zero-order valence-electron chi connectivity index (χ0n) is 16.0. The second-order valence-corrected chi connectivity index (χ2v) is 6.30. The first kappa shape index (κ1) is 18.4. The van der Waals surface area contributed by atoms with Crippen LogP contribution in [0.1, 0.15) is 0 Å². The van der Waals surface area contributed by atoms with Crippen molar-refractivity contribution in [2.75, 3.05) is 24.9 Å². The molecule has 7 nitrogen and oxygen atoms in total. The minimum absolute atomic E-state index is 0.381. The predicted octanol–water partition coefficient (Wildman–Crippen LogP) is 4.89. The van der Waals surface area contributed by atoms with E-state index in [9.17, 15) is 4.79 Å². The van der Waals surface area contributed by atoms with Crippen LogP contribution in [0.4, 0.5) is 16.2 Å². The van der Waals surface area contributed by atoms with E-state index in [0.29, 0.717) is 22.9 Å². The number of carbonyl (C=O) groups is 1. The number of methoxy groups -OCH3 is 2. The molecule has 3 aromatic carbocycles. The van der Waals surface area contributed by atoms with Crippen LogP contribution in [0.5, 0.6) is 11.5 Å². The highest BCUT2D eigenvalue weighted by Gasteiger charge is 2.12. The Morgan fingerprint density at radius 3 is 2.41 bits per heavy atom. The Labute approximate surface area is 167 Å². The van der Waals surface area contributed by atoms with Crippen LogP contribution in [0, 0.1) is 0 Å². The van der Waals surface area contributed by atoms with E-state index in [1.54, 1.807) is 25.3 Å². The monoisotopic (exact) mass is 388 g/mol. The molecule has 4 aromatic rings. The first-order valence-corrected chi connectivity index (χ1v) is 9.02. The number of anilines is 2. The second kappa shape index (κ2) is 7.93. The van der Waals surface area contributed by atoms with Gasteiger partial charge in [-0.2, -0.15) is 0 Å². The van der Waals surface area contributed by atoms with E-state index in [1.165, 1.54) is 7.11 Å². The standard InChI is InChI=1S/C22H20N4O3/c1-28-19-9-5-8-18(20(19)29-2)26-22(27)23-15-12-10-14(11-13-15)21-24-16-6-3-4-7-17(16)25-21/h3-13H,1-2H3,(H,24,25)(H2,23,26,27). The first-order valence-electron chi connectivity index (χ1n) is 9.02. The van der Waals surface area contributed by atoms with Crippen LogP contribution < -0.4 is 20.1 Å². The van der Waals surface area contributed by atoms with Crippen LogP contribution in [-0.4, -0.2) is 30.2 Å². The van der Waals surface area contributed by atoms with Crippen molar-refractivity contribution < 1.29 is 14.3 Å². The molecule has 4 rings (SSSR count). The number of hydrogen-bond acceptors (Lipinski definition) is 4. The number of rotatable bonds is 5. The molecule has 1 aromatic heterocycles. The molecule has 0 atom stereocenters. The number of aromatic nitrogens is 2. The maximum Gasteiger partial charge on any atom is 0.323 e. The van der Waals surface area contributed by atoms with Crippen LogP contribution in [0.3, 0.4) is 0 Å². The van der Waals surface area contributed by atoms with Crippen molar-refractivity contribution in [3.05, 3.63) is 66.7 Å². The van der Waals surface area contributed by atoms with Crippen molar-refractivity contribution in [3.63, 3.8) is 0 Å². The second-order valence-electron chi connectivity index (χ2n) is 6.30. The van der Waals surface area contributed by atoms with Gasteiger partial charge < -0.3 is 25.1 Å². The van der Waals surface area contributed by atoms with Crippen molar-refractivity contribution in [1.82, 2.24) is 9.97 Å². The Morgan fingerprint density at radius 1 is 0.897 bits per heavy atom. The van der Waals surface area contributed by atoms with Gasteiger partial charge in [-0.1, -0.05) is 18.2 Å². The largest absolute Gasteiger partial charge is 0.493 e. The van der Waals surface area contributed by atoms with Crippen LogP contribution in [0.2, 0.25) is 0 Å². The Bertz CT molecular complexity index is 1120. The van der Waals surface area contributed by atoms with Gasteiger partial charge in [0.2, 0.25) is 0 Å². The average Bonchev–Trinajstić information content (AvgIpc) is 3.18. The number of nitrogens with zero attached hydrogens (tertiary/aromatic N) is 1. The minimum atomic E-state index is -0.381. The molecular formula is C22H20N4O3. The third kappa shape index (κ3) is 3.84. The number of imidazole rings is 1. The molecule has 0 radical (unpaired) electrons. The summed E-state index contributed by atoms with van der Waals surface area (Å²) in [5, 5.41) is 5.58. The maximum absolute atomic E-state index is 12.4. The summed E-state index contributed by atoms with van der Waals surface area (Å²) in [6.45, 7) is 0. The van der Waals surface area contributed by atoms with Gasteiger partial charge in [0, 0.05) is 11.3 Å². The van der Waals surface area contributed by atoms with E-state index in [1.807, 2.05) is 48.5 Å². The van der Waals surface area contributed by atoms with E-state index in [-0.39, 0.29) is 6.03 Å². The number of para-hydroxylation sites is 3. The fourth-order valence-corrected chi connectivity index (χ4v) is 3.07. The van der Waals surface area contributed by atoms with E-state index in [0.717, 1.165) is 22.4 Å². The normalized spacial score (nSPS) is 10.6. The Morgan fingerprint density at radius 2 is 1.69 bits per heavy atom. The number of aromatic amines is 1. The van der Waals surface area contributed by atoms with Gasteiger partial charge in [-0.15, -0.1) is 0 Å². The van der Waals surface area contributed by atoms with Gasteiger partial charge in [0.25, 0.3) is 0 Å². The molecule has 0 bridgehead atoms. The Kier molecular flexibility index (Phi) is 5.03. The summed E-state index contributed by atoms with van der Waals surface area (Å²) in [7, 11) is 3.07. The molecule has 0 aliphatic heterocycles. The van der Waals surface area contributed by atoms with Crippen molar-refractivity contribution in [2.45, 2.75) is 0 Å². The molecule has 3 N–H and O–H groups in total.